The summed E-state index contributed by atoms with van der Waals surface area (Å²) < 4.78 is 5.57. The summed E-state index contributed by atoms with van der Waals surface area (Å²) in [5, 5.41) is 11.6. The summed E-state index contributed by atoms with van der Waals surface area (Å²) in [6, 6.07) is 0.587. The van der Waals surface area contributed by atoms with E-state index in [-0.39, 0.29) is 0 Å². The Morgan fingerprint density at radius 2 is 1.95 bits per heavy atom. The van der Waals surface area contributed by atoms with Gasteiger partial charge in [-0.3, -0.25) is 4.90 Å². The molecule has 0 atom stereocenters. The van der Waals surface area contributed by atoms with E-state index in [9.17, 15) is 0 Å². The van der Waals surface area contributed by atoms with Crippen molar-refractivity contribution in [1.29, 1.82) is 0 Å². The van der Waals surface area contributed by atoms with Crippen LogP contribution in [0.3, 0.4) is 0 Å². The van der Waals surface area contributed by atoms with Crippen LogP contribution in [0.25, 0.3) is 0 Å². The van der Waals surface area contributed by atoms with Gasteiger partial charge in [0.2, 0.25) is 11.8 Å². The lowest BCUT2D eigenvalue weighted by molar-refractivity contribution is 0.160. The highest BCUT2D eigenvalue weighted by Crippen LogP contribution is 2.18. The summed E-state index contributed by atoms with van der Waals surface area (Å²) in [6.07, 6.45) is 3.33. The van der Waals surface area contributed by atoms with E-state index in [1.807, 2.05) is 6.92 Å². The Bertz CT molecular complexity index is 369. The lowest BCUT2D eigenvalue weighted by Gasteiger charge is -2.31. The van der Waals surface area contributed by atoms with Gasteiger partial charge in [0.25, 0.3) is 0 Å². The van der Waals surface area contributed by atoms with Crippen LogP contribution in [0.2, 0.25) is 0 Å². The van der Waals surface area contributed by atoms with Crippen molar-refractivity contribution >= 4 is 0 Å². The first-order chi connectivity index (χ1) is 9.17. The fourth-order valence-electron chi connectivity index (χ4n) is 2.44. The SMILES string of the molecule is CCc1nnc(CN2CCC(CNC(C)C)CC2)o1. The lowest BCUT2D eigenvalue weighted by Crippen LogP contribution is -2.38. The van der Waals surface area contributed by atoms with Crippen molar-refractivity contribution in [3.63, 3.8) is 0 Å². The van der Waals surface area contributed by atoms with E-state index in [4.69, 9.17) is 4.42 Å². The first-order valence-electron chi connectivity index (χ1n) is 7.44. The monoisotopic (exact) mass is 266 g/mol. The van der Waals surface area contributed by atoms with E-state index in [0.717, 1.165) is 50.3 Å². The maximum absolute atomic E-state index is 5.57. The first-order valence-corrected chi connectivity index (χ1v) is 7.44. The Labute approximate surface area is 115 Å². The molecule has 0 aliphatic carbocycles. The second-order valence-electron chi connectivity index (χ2n) is 5.73. The average molecular weight is 266 g/mol. The maximum Gasteiger partial charge on any atom is 0.230 e. The third-order valence-corrected chi connectivity index (χ3v) is 3.69. The lowest BCUT2D eigenvalue weighted by atomic mass is 9.96. The summed E-state index contributed by atoms with van der Waals surface area (Å²) in [7, 11) is 0. The van der Waals surface area contributed by atoms with Crippen LogP contribution in [0, 0.1) is 5.92 Å². The van der Waals surface area contributed by atoms with Crippen molar-refractivity contribution in [3.8, 4) is 0 Å². The van der Waals surface area contributed by atoms with Crippen molar-refractivity contribution in [3.05, 3.63) is 11.8 Å². The normalized spacial score (nSPS) is 18.3. The number of hydrogen-bond donors (Lipinski definition) is 1. The predicted octanol–water partition coefficient (Wildman–Crippen LogP) is 1.84. The number of nitrogens with zero attached hydrogens (tertiary/aromatic N) is 3. The van der Waals surface area contributed by atoms with Gasteiger partial charge in [0.15, 0.2) is 0 Å². The molecule has 108 valence electrons. The van der Waals surface area contributed by atoms with Gasteiger partial charge in [-0.2, -0.15) is 0 Å². The van der Waals surface area contributed by atoms with Crippen molar-refractivity contribution < 1.29 is 4.42 Å². The molecule has 0 radical (unpaired) electrons. The van der Waals surface area contributed by atoms with E-state index in [1.165, 1.54) is 12.8 Å². The highest BCUT2D eigenvalue weighted by atomic mass is 16.4. The van der Waals surface area contributed by atoms with Gasteiger partial charge in [-0.05, 0) is 38.4 Å². The molecule has 0 amide bonds. The molecule has 5 heteroatoms. The zero-order chi connectivity index (χ0) is 13.7. The third kappa shape index (κ3) is 4.58. The maximum atomic E-state index is 5.57. The van der Waals surface area contributed by atoms with Crippen LogP contribution in [0.1, 0.15) is 45.4 Å². The van der Waals surface area contributed by atoms with Crippen molar-refractivity contribution in [2.45, 2.75) is 52.6 Å². The Morgan fingerprint density at radius 1 is 1.26 bits per heavy atom. The van der Waals surface area contributed by atoms with Crippen LogP contribution in [0.5, 0.6) is 0 Å². The third-order valence-electron chi connectivity index (χ3n) is 3.69. The topological polar surface area (TPSA) is 54.2 Å². The standard InChI is InChI=1S/C14H26N4O/c1-4-13-16-17-14(19-13)10-18-7-5-12(6-8-18)9-15-11(2)3/h11-12,15H,4-10H2,1-3H3. The van der Waals surface area contributed by atoms with Crippen LogP contribution in [-0.4, -0.2) is 40.8 Å². The second-order valence-corrected chi connectivity index (χ2v) is 5.73. The van der Waals surface area contributed by atoms with Gasteiger partial charge in [-0.1, -0.05) is 20.8 Å². The van der Waals surface area contributed by atoms with Gasteiger partial charge in [0.1, 0.15) is 0 Å². The molecule has 0 unspecified atom stereocenters. The Morgan fingerprint density at radius 3 is 2.53 bits per heavy atom. The minimum Gasteiger partial charge on any atom is -0.424 e. The first kappa shape index (κ1) is 14.5. The molecule has 2 heterocycles. The fourth-order valence-corrected chi connectivity index (χ4v) is 2.44. The fraction of sp³-hybridized carbons (Fsp3) is 0.857. The molecule has 2 rings (SSSR count). The molecule has 0 saturated carbocycles. The summed E-state index contributed by atoms with van der Waals surface area (Å²) in [5.41, 5.74) is 0. The molecule has 1 fully saturated rings. The van der Waals surface area contributed by atoms with Gasteiger partial charge >= 0.3 is 0 Å². The molecule has 1 aliphatic heterocycles. The summed E-state index contributed by atoms with van der Waals surface area (Å²) in [4.78, 5) is 2.42. The van der Waals surface area contributed by atoms with E-state index < -0.39 is 0 Å². The minimum atomic E-state index is 0.587. The molecule has 1 aliphatic rings. The van der Waals surface area contributed by atoms with Crippen LogP contribution >= 0.6 is 0 Å². The molecular weight excluding hydrogens is 240 g/mol. The number of likely N-dealkylation sites (tertiary alicyclic amines) is 1. The predicted molar refractivity (Wildman–Crippen MR) is 74.8 cm³/mol. The molecule has 5 nitrogen and oxygen atoms in total. The van der Waals surface area contributed by atoms with Crippen molar-refractivity contribution in [1.82, 2.24) is 20.4 Å². The Balaban J connectivity index is 1.71. The van der Waals surface area contributed by atoms with Crippen LogP contribution in [0.15, 0.2) is 4.42 Å². The van der Waals surface area contributed by atoms with Gasteiger partial charge in [-0.25, -0.2) is 0 Å². The number of aromatic nitrogens is 2. The molecule has 0 bridgehead atoms. The zero-order valence-electron chi connectivity index (χ0n) is 12.4. The summed E-state index contributed by atoms with van der Waals surface area (Å²) in [6.45, 7) is 10.7. The van der Waals surface area contributed by atoms with Crippen LogP contribution in [-0.2, 0) is 13.0 Å². The highest BCUT2D eigenvalue weighted by molar-refractivity contribution is 4.83. The summed E-state index contributed by atoms with van der Waals surface area (Å²) in [5.74, 6) is 2.31. The second kappa shape index (κ2) is 7.01. The van der Waals surface area contributed by atoms with E-state index in [2.05, 4.69) is 34.3 Å². The van der Waals surface area contributed by atoms with Crippen molar-refractivity contribution in [2.24, 2.45) is 5.92 Å². The van der Waals surface area contributed by atoms with E-state index >= 15 is 0 Å². The van der Waals surface area contributed by atoms with Gasteiger partial charge in [0.05, 0.1) is 6.54 Å². The van der Waals surface area contributed by atoms with Crippen LogP contribution in [0.4, 0.5) is 0 Å². The number of hydrogen-bond acceptors (Lipinski definition) is 5. The molecule has 0 spiro atoms. The molecule has 1 N–H and O–H groups in total. The Kier molecular flexibility index (Phi) is 5.34. The Hall–Kier alpha value is -0.940. The largest absolute Gasteiger partial charge is 0.424 e. The van der Waals surface area contributed by atoms with Gasteiger partial charge < -0.3 is 9.73 Å². The summed E-state index contributed by atoms with van der Waals surface area (Å²) >= 11 is 0. The number of rotatable bonds is 6. The number of nitrogens with one attached hydrogen (secondary N) is 1. The highest BCUT2D eigenvalue weighted by Gasteiger charge is 2.20. The molecular formula is C14H26N4O. The van der Waals surface area contributed by atoms with Gasteiger partial charge in [-0.15, -0.1) is 10.2 Å². The minimum absolute atomic E-state index is 0.587. The smallest absolute Gasteiger partial charge is 0.230 e. The van der Waals surface area contributed by atoms with Gasteiger partial charge in [0, 0.05) is 12.5 Å². The number of piperidine rings is 1. The quantitative estimate of drug-likeness (QED) is 0.851. The molecule has 19 heavy (non-hydrogen) atoms. The molecule has 1 saturated heterocycles. The average Bonchev–Trinajstić information content (AvgIpc) is 2.85. The molecule has 0 aromatic carbocycles. The van der Waals surface area contributed by atoms with E-state index in [0.29, 0.717) is 6.04 Å². The molecule has 1 aromatic rings. The number of aryl methyl sites for hydroxylation is 1. The van der Waals surface area contributed by atoms with Crippen molar-refractivity contribution in [2.75, 3.05) is 19.6 Å². The van der Waals surface area contributed by atoms with Crippen LogP contribution < -0.4 is 5.32 Å². The van der Waals surface area contributed by atoms with E-state index in [1.54, 1.807) is 0 Å². The zero-order valence-corrected chi connectivity index (χ0v) is 12.4. The molecule has 1 aromatic heterocycles.